The predicted octanol–water partition coefficient (Wildman–Crippen LogP) is 6.90. The van der Waals surface area contributed by atoms with E-state index in [1.54, 1.807) is 41.3 Å². The molecule has 4 aromatic rings. The molecule has 3 atom stereocenters. The first-order chi connectivity index (χ1) is 18.4. The molecule has 5 rings (SSSR count). The number of anilines is 1. The van der Waals surface area contributed by atoms with Crippen LogP contribution in [-0.2, 0) is 4.79 Å². The number of hydrogen-bond donors (Lipinski definition) is 3. The minimum absolute atomic E-state index is 0.0123. The average Bonchev–Trinajstić information content (AvgIpc) is 3.24. The molecule has 38 heavy (non-hydrogen) atoms. The van der Waals surface area contributed by atoms with Gasteiger partial charge in [-0.05, 0) is 77.9 Å². The summed E-state index contributed by atoms with van der Waals surface area (Å²) in [7, 11) is 0. The van der Waals surface area contributed by atoms with Gasteiger partial charge in [0.05, 0.1) is 12.1 Å². The molecule has 0 aliphatic carbocycles. The lowest BCUT2D eigenvalue weighted by Crippen LogP contribution is -2.28. The van der Waals surface area contributed by atoms with E-state index >= 15 is 0 Å². The first-order valence-corrected chi connectivity index (χ1v) is 12.8. The number of aliphatic hydroxyl groups excluding tert-OH is 1. The van der Waals surface area contributed by atoms with E-state index in [4.69, 9.17) is 0 Å². The second-order valence-corrected chi connectivity index (χ2v) is 9.83. The first-order valence-electron chi connectivity index (χ1n) is 12.8. The van der Waals surface area contributed by atoms with Crippen molar-refractivity contribution in [2.45, 2.75) is 37.8 Å². The third-order valence-corrected chi connectivity index (χ3v) is 7.30. The summed E-state index contributed by atoms with van der Waals surface area (Å²) in [5, 5.41) is 31.6. The van der Waals surface area contributed by atoms with E-state index < -0.39 is 6.10 Å². The molecule has 194 valence electrons. The standard InChI is InChI=1S/C32H30FNO4/c33-25-15-12-21(13-16-25)29(36)11-5-7-24-20-31(38)34(26-8-2-1-3-9-26)32(24)28-17-14-23(19-30(28)37)22-6-4-10-27(35)18-22/h1-4,6,8-10,12-19,24,29,32,35-37H,5,7,11,20H2/t24-,29+,32+/m1/s1. The molecule has 0 bridgehead atoms. The number of amides is 1. The van der Waals surface area contributed by atoms with Crippen LogP contribution < -0.4 is 4.90 Å². The van der Waals surface area contributed by atoms with Crippen LogP contribution in [-0.4, -0.2) is 21.2 Å². The number of aliphatic hydroxyl groups is 1. The number of nitrogens with zero attached hydrogens (tertiary/aromatic N) is 1. The molecular weight excluding hydrogens is 481 g/mol. The number of phenolic OH excluding ortho intramolecular Hbond substituents is 2. The molecule has 0 unspecified atom stereocenters. The second kappa shape index (κ2) is 11.1. The molecule has 1 aliphatic heterocycles. The largest absolute Gasteiger partial charge is 0.508 e. The lowest BCUT2D eigenvalue weighted by molar-refractivity contribution is -0.117. The fraction of sp³-hybridized carbons (Fsp3) is 0.219. The van der Waals surface area contributed by atoms with Crippen molar-refractivity contribution in [3.63, 3.8) is 0 Å². The number of phenols is 2. The number of para-hydroxylation sites is 1. The summed E-state index contributed by atoms with van der Waals surface area (Å²) in [4.78, 5) is 15.1. The van der Waals surface area contributed by atoms with E-state index in [1.807, 2.05) is 48.5 Å². The van der Waals surface area contributed by atoms with E-state index in [0.717, 1.165) is 16.8 Å². The van der Waals surface area contributed by atoms with Gasteiger partial charge in [-0.25, -0.2) is 4.39 Å². The van der Waals surface area contributed by atoms with Gasteiger partial charge in [0.15, 0.2) is 0 Å². The summed E-state index contributed by atoms with van der Waals surface area (Å²) in [5.41, 5.74) is 3.63. The van der Waals surface area contributed by atoms with Gasteiger partial charge in [0.2, 0.25) is 5.91 Å². The number of hydrogen-bond acceptors (Lipinski definition) is 4. The lowest BCUT2D eigenvalue weighted by atomic mass is 9.87. The number of halogens is 1. The third kappa shape index (κ3) is 5.41. The number of carbonyl (C=O) groups is 1. The SMILES string of the molecule is O=C1C[C@@H](CCC[C@H](O)c2ccc(F)cc2)[C@@H](c2ccc(-c3cccc(O)c3)cc2O)N1c1ccccc1. The number of carbonyl (C=O) groups excluding carboxylic acids is 1. The van der Waals surface area contributed by atoms with Crippen molar-refractivity contribution in [3.8, 4) is 22.6 Å². The van der Waals surface area contributed by atoms with Crippen LogP contribution in [0.4, 0.5) is 10.1 Å². The molecular formula is C32H30FNO4. The molecule has 3 N–H and O–H groups in total. The second-order valence-electron chi connectivity index (χ2n) is 9.83. The van der Waals surface area contributed by atoms with E-state index in [2.05, 4.69) is 0 Å². The molecule has 1 fully saturated rings. The summed E-state index contributed by atoms with van der Waals surface area (Å²) in [6.45, 7) is 0. The molecule has 1 heterocycles. The summed E-state index contributed by atoms with van der Waals surface area (Å²) >= 11 is 0. The Morgan fingerprint density at radius 1 is 0.868 bits per heavy atom. The van der Waals surface area contributed by atoms with Crippen LogP contribution in [0.3, 0.4) is 0 Å². The van der Waals surface area contributed by atoms with Gasteiger partial charge < -0.3 is 20.2 Å². The van der Waals surface area contributed by atoms with E-state index in [0.29, 0.717) is 36.8 Å². The summed E-state index contributed by atoms with van der Waals surface area (Å²) < 4.78 is 13.2. The van der Waals surface area contributed by atoms with E-state index in [1.165, 1.54) is 12.1 Å². The van der Waals surface area contributed by atoms with Gasteiger partial charge in [0, 0.05) is 17.7 Å². The normalized spacial score (nSPS) is 18.1. The Hall–Kier alpha value is -4.16. The molecule has 0 spiro atoms. The maximum Gasteiger partial charge on any atom is 0.227 e. The molecule has 4 aromatic carbocycles. The smallest absolute Gasteiger partial charge is 0.227 e. The van der Waals surface area contributed by atoms with Crippen LogP contribution in [0.5, 0.6) is 11.5 Å². The summed E-state index contributed by atoms with van der Waals surface area (Å²) in [6.07, 6.45) is 1.44. The number of rotatable bonds is 8. The van der Waals surface area contributed by atoms with E-state index in [9.17, 15) is 24.5 Å². The van der Waals surface area contributed by atoms with Crippen LogP contribution in [0.1, 0.15) is 49.0 Å². The lowest BCUT2D eigenvalue weighted by Gasteiger charge is -2.30. The fourth-order valence-corrected chi connectivity index (χ4v) is 5.43. The zero-order valence-electron chi connectivity index (χ0n) is 20.9. The molecule has 1 saturated heterocycles. The van der Waals surface area contributed by atoms with Crippen molar-refractivity contribution in [3.05, 3.63) is 114 Å². The van der Waals surface area contributed by atoms with Gasteiger partial charge in [0.25, 0.3) is 0 Å². The quantitative estimate of drug-likeness (QED) is 0.240. The average molecular weight is 512 g/mol. The Labute approximate surface area is 221 Å². The van der Waals surface area contributed by atoms with Crippen molar-refractivity contribution < 1.29 is 24.5 Å². The Morgan fingerprint density at radius 2 is 1.61 bits per heavy atom. The molecule has 5 nitrogen and oxygen atoms in total. The Bertz CT molecular complexity index is 1410. The van der Waals surface area contributed by atoms with Crippen LogP contribution in [0.15, 0.2) is 97.1 Å². The van der Waals surface area contributed by atoms with Crippen molar-refractivity contribution in [2.75, 3.05) is 4.90 Å². The van der Waals surface area contributed by atoms with Gasteiger partial charge >= 0.3 is 0 Å². The van der Waals surface area contributed by atoms with Gasteiger partial charge in [-0.2, -0.15) is 0 Å². The van der Waals surface area contributed by atoms with E-state index in [-0.39, 0.29) is 35.2 Å². The highest BCUT2D eigenvalue weighted by molar-refractivity contribution is 5.97. The minimum atomic E-state index is -0.716. The predicted molar refractivity (Wildman–Crippen MR) is 145 cm³/mol. The zero-order chi connectivity index (χ0) is 26.6. The zero-order valence-corrected chi connectivity index (χ0v) is 20.9. The van der Waals surface area contributed by atoms with Gasteiger partial charge in [-0.3, -0.25) is 4.79 Å². The maximum atomic E-state index is 13.3. The molecule has 1 amide bonds. The highest BCUT2D eigenvalue weighted by atomic mass is 19.1. The maximum absolute atomic E-state index is 13.3. The third-order valence-electron chi connectivity index (χ3n) is 7.30. The Balaban J connectivity index is 1.41. The molecule has 0 radical (unpaired) electrons. The fourth-order valence-electron chi connectivity index (χ4n) is 5.43. The van der Waals surface area contributed by atoms with Crippen LogP contribution in [0.2, 0.25) is 0 Å². The first kappa shape index (κ1) is 25.5. The minimum Gasteiger partial charge on any atom is -0.508 e. The molecule has 6 heteroatoms. The topological polar surface area (TPSA) is 81.0 Å². The van der Waals surface area contributed by atoms with Crippen molar-refractivity contribution in [2.24, 2.45) is 5.92 Å². The Morgan fingerprint density at radius 3 is 2.32 bits per heavy atom. The van der Waals surface area contributed by atoms with Crippen molar-refractivity contribution in [1.29, 1.82) is 0 Å². The summed E-state index contributed by atoms with van der Waals surface area (Å²) in [6, 6.07) is 27.2. The van der Waals surface area contributed by atoms with Crippen LogP contribution in [0.25, 0.3) is 11.1 Å². The van der Waals surface area contributed by atoms with Crippen LogP contribution in [0, 0.1) is 11.7 Å². The number of benzene rings is 4. The van der Waals surface area contributed by atoms with Crippen molar-refractivity contribution >= 4 is 11.6 Å². The summed E-state index contributed by atoms with van der Waals surface area (Å²) in [5.74, 6) is -0.194. The number of aromatic hydroxyl groups is 2. The van der Waals surface area contributed by atoms with Gasteiger partial charge in [-0.15, -0.1) is 0 Å². The van der Waals surface area contributed by atoms with Gasteiger partial charge in [-0.1, -0.05) is 61.0 Å². The molecule has 0 aromatic heterocycles. The Kier molecular flexibility index (Phi) is 7.43. The monoisotopic (exact) mass is 511 g/mol. The van der Waals surface area contributed by atoms with Crippen molar-refractivity contribution in [1.82, 2.24) is 0 Å². The highest BCUT2D eigenvalue weighted by Crippen LogP contribution is 2.47. The molecule has 0 saturated carbocycles. The molecule has 1 aliphatic rings. The van der Waals surface area contributed by atoms with Crippen LogP contribution >= 0.6 is 0 Å². The highest BCUT2D eigenvalue weighted by Gasteiger charge is 2.42. The van der Waals surface area contributed by atoms with Gasteiger partial charge in [0.1, 0.15) is 17.3 Å².